The lowest BCUT2D eigenvalue weighted by molar-refractivity contribution is -0.139. The van der Waals surface area contributed by atoms with E-state index >= 15 is 0 Å². The van der Waals surface area contributed by atoms with Crippen LogP contribution in [0.15, 0.2) is 18.2 Å². The average molecular weight is 284 g/mol. The summed E-state index contributed by atoms with van der Waals surface area (Å²) in [5.74, 6) is -1.01. The number of nitriles is 1. The van der Waals surface area contributed by atoms with Crippen LogP contribution in [0.1, 0.15) is 24.0 Å². The van der Waals surface area contributed by atoms with Gasteiger partial charge in [0.1, 0.15) is 6.04 Å². The highest BCUT2D eigenvalue weighted by Gasteiger charge is 2.35. The van der Waals surface area contributed by atoms with Gasteiger partial charge in [-0.1, -0.05) is 0 Å². The van der Waals surface area contributed by atoms with Crippen molar-refractivity contribution in [3.8, 4) is 6.07 Å². The second kappa shape index (κ2) is 5.04. The van der Waals surface area contributed by atoms with Crippen LogP contribution in [-0.4, -0.2) is 23.7 Å². The minimum absolute atomic E-state index is 0.333. The number of nitrogens with zero attached hydrogens (tertiary/aromatic N) is 2. The van der Waals surface area contributed by atoms with Crippen LogP contribution in [0.4, 0.5) is 18.9 Å². The molecule has 1 N–H and O–H groups in total. The van der Waals surface area contributed by atoms with Crippen LogP contribution in [0.3, 0.4) is 0 Å². The molecule has 1 aliphatic heterocycles. The Morgan fingerprint density at radius 2 is 2.15 bits per heavy atom. The van der Waals surface area contributed by atoms with Gasteiger partial charge in [-0.25, -0.2) is 4.79 Å². The molecule has 0 aliphatic carbocycles. The Hall–Kier alpha value is -2.23. The maximum Gasteiger partial charge on any atom is 0.417 e. The summed E-state index contributed by atoms with van der Waals surface area (Å²) < 4.78 is 38.1. The van der Waals surface area contributed by atoms with Crippen molar-refractivity contribution in [2.45, 2.75) is 25.1 Å². The largest absolute Gasteiger partial charge is 0.480 e. The lowest BCUT2D eigenvalue weighted by atomic mass is 10.1. The Kier molecular flexibility index (Phi) is 3.57. The van der Waals surface area contributed by atoms with E-state index in [1.165, 1.54) is 17.0 Å². The van der Waals surface area contributed by atoms with Crippen molar-refractivity contribution in [2.75, 3.05) is 11.4 Å². The molecule has 2 rings (SSSR count). The Balaban J connectivity index is 2.40. The normalized spacial score (nSPS) is 18.9. The van der Waals surface area contributed by atoms with Gasteiger partial charge < -0.3 is 10.0 Å². The summed E-state index contributed by atoms with van der Waals surface area (Å²) in [5.41, 5.74) is -1.17. The van der Waals surface area contributed by atoms with E-state index in [-0.39, 0.29) is 0 Å². The zero-order valence-electron chi connectivity index (χ0n) is 10.3. The number of alkyl halides is 3. The first-order valence-electron chi connectivity index (χ1n) is 5.95. The number of carboxylic acid groups (broad SMARTS) is 1. The molecule has 4 nitrogen and oxygen atoms in total. The maximum absolute atomic E-state index is 12.7. The third-order valence-corrected chi connectivity index (χ3v) is 3.30. The summed E-state index contributed by atoms with van der Waals surface area (Å²) in [6, 6.07) is 3.90. The highest BCUT2D eigenvalue weighted by Crippen LogP contribution is 2.35. The lowest BCUT2D eigenvalue weighted by Crippen LogP contribution is -2.35. The minimum atomic E-state index is -4.60. The molecule has 0 radical (unpaired) electrons. The molecule has 0 amide bonds. The first-order chi connectivity index (χ1) is 9.34. The molecular formula is C13H11F3N2O2. The predicted molar refractivity (Wildman–Crippen MR) is 64.2 cm³/mol. The van der Waals surface area contributed by atoms with Crippen LogP contribution in [0.2, 0.25) is 0 Å². The number of halogens is 3. The number of rotatable bonds is 2. The number of benzene rings is 1. The van der Waals surface area contributed by atoms with Crippen molar-refractivity contribution in [1.29, 1.82) is 5.26 Å². The zero-order valence-corrected chi connectivity index (χ0v) is 10.3. The molecule has 106 valence electrons. The van der Waals surface area contributed by atoms with Crippen molar-refractivity contribution in [3.63, 3.8) is 0 Å². The quantitative estimate of drug-likeness (QED) is 0.906. The highest BCUT2D eigenvalue weighted by molar-refractivity contribution is 5.79. The highest BCUT2D eigenvalue weighted by atomic mass is 19.4. The molecule has 1 saturated heterocycles. The van der Waals surface area contributed by atoms with E-state index in [0.29, 0.717) is 25.1 Å². The van der Waals surface area contributed by atoms with Gasteiger partial charge in [-0.15, -0.1) is 0 Å². The van der Waals surface area contributed by atoms with Crippen molar-refractivity contribution in [1.82, 2.24) is 0 Å². The first kappa shape index (κ1) is 14.2. The predicted octanol–water partition coefficient (Wildman–Crippen LogP) is 2.63. The summed E-state index contributed by atoms with van der Waals surface area (Å²) in [6.07, 6.45) is -3.50. The van der Waals surface area contributed by atoms with Gasteiger partial charge in [-0.05, 0) is 31.0 Å². The number of carbonyl (C=O) groups is 1. The third-order valence-electron chi connectivity index (χ3n) is 3.30. The van der Waals surface area contributed by atoms with Gasteiger partial charge in [0, 0.05) is 12.2 Å². The molecule has 1 aromatic carbocycles. The van der Waals surface area contributed by atoms with Crippen LogP contribution < -0.4 is 4.90 Å². The number of hydrogen-bond acceptors (Lipinski definition) is 3. The molecule has 0 aromatic heterocycles. The molecule has 1 aromatic rings. The SMILES string of the molecule is N#Cc1cc(N2CCC[C@@H]2C(=O)O)ccc1C(F)(F)F. The summed E-state index contributed by atoms with van der Waals surface area (Å²) in [7, 11) is 0. The zero-order chi connectivity index (χ0) is 14.9. The van der Waals surface area contributed by atoms with Crippen LogP contribution in [0.25, 0.3) is 0 Å². The second-order valence-electron chi connectivity index (χ2n) is 4.53. The smallest absolute Gasteiger partial charge is 0.417 e. The summed E-state index contributed by atoms with van der Waals surface area (Å²) in [6.45, 7) is 0.452. The van der Waals surface area contributed by atoms with Crippen LogP contribution in [0, 0.1) is 11.3 Å². The molecule has 0 spiro atoms. The summed E-state index contributed by atoms with van der Waals surface area (Å²) in [5, 5.41) is 17.9. The van der Waals surface area contributed by atoms with Gasteiger partial charge in [0.05, 0.1) is 17.2 Å². The van der Waals surface area contributed by atoms with Crippen molar-refractivity contribution in [3.05, 3.63) is 29.3 Å². The molecule has 0 saturated carbocycles. The first-order valence-corrected chi connectivity index (χ1v) is 5.95. The molecule has 1 aliphatic rings. The van der Waals surface area contributed by atoms with Gasteiger partial charge >= 0.3 is 12.1 Å². The Morgan fingerprint density at radius 1 is 1.45 bits per heavy atom. The lowest BCUT2D eigenvalue weighted by Gasteiger charge is -2.24. The molecule has 20 heavy (non-hydrogen) atoms. The van der Waals surface area contributed by atoms with Gasteiger partial charge in [-0.2, -0.15) is 18.4 Å². The molecule has 1 fully saturated rings. The molecule has 0 unspecified atom stereocenters. The summed E-state index contributed by atoms with van der Waals surface area (Å²) in [4.78, 5) is 12.6. The van der Waals surface area contributed by atoms with E-state index in [1.54, 1.807) is 0 Å². The van der Waals surface area contributed by atoms with E-state index in [2.05, 4.69) is 0 Å². The third kappa shape index (κ3) is 2.54. The van der Waals surface area contributed by atoms with Gasteiger partial charge in [-0.3, -0.25) is 0 Å². The number of carboxylic acids is 1. The molecule has 0 bridgehead atoms. The molecule has 7 heteroatoms. The van der Waals surface area contributed by atoms with Crippen LogP contribution in [-0.2, 0) is 11.0 Å². The van der Waals surface area contributed by atoms with Crippen molar-refractivity contribution in [2.24, 2.45) is 0 Å². The Morgan fingerprint density at radius 3 is 2.70 bits per heavy atom. The van der Waals surface area contributed by atoms with Crippen LogP contribution in [0.5, 0.6) is 0 Å². The van der Waals surface area contributed by atoms with E-state index in [9.17, 15) is 18.0 Å². The minimum Gasteiger partial charge on any atom is -0.480 e. The second-order valence-corrected chi connectivity index (χ2v) is 4.53. The average Bonchev–Trinajstić information content (AvgIpc) is 2.86. The van der Waals surface area contributed by atoms with E-state index in [4.69, 9.17) is 10.4 Å². The fourth-order valence-corrected chi connectivity index (χ4v) is 2.38. The van der Waals surface area contributed by atoms with Gasteiger partial charge in [0.25, 0.3) is 0 Å². The fourth-order valence-electron chi connectivity index (χ4n) is 2.38. The molecule has 1 atom stereocenters. The van der Waals surface area contributed by atoms with Crippen molar-refractivity contribution >= 4 is 11.7 Å². The van der Waals surface area contributed by atoms with E-state index < -0.39 is 29.3 Å². The topological polar surface area (TPSA) is 64.3 Å². The Bertz CT molecular complexity index is 578. The van der Waals surface area contributed by atoms with Crippen molar-refractivity contribution < 1.29 is 23.1 Å². The molecular weight excluding hydrogens is 273 g/mol. The van der Waals surface area contributed by atoms with E-state index in [1.807, 2.05) is 0 Å². The number of anilines is 1. The number of aliphatic carboxylic acids is 1. The molecule has 1 heterocycles. The number of hydrogen-bond donors (Lipinski definition) is 1. The monoisotopic (exact) mass is 284 g/mol. The standard InChI is InChI=1S/C13H11F3N2O2/c14-13(15,16)10-4-3-9(6-8(10)7-17)18-5-1-2-11(18)12(19)20/h3-4,6,11H,1-2,5H2,(H,19,20)/t11-/m1/s1. The summed E-state index contributed by atoms with van der Waals surface area (Å²) >= 11 is 0. The Labute approximate surface area is 113 Å². The maximum atomic E-state index is 12.7. The van der Waals surface area contributed by atoms with Gasteiger partial charge in [0.15, 0.2) is 0 Å². The fraction of sp³-hybridized carbons (Fsp3) is 0.385. The van der Waals surface area contributed by atoms with E-state index in [0.717, 1.165) is 12.1 Å². The van der Waals surface area contributed by atoms with Crippen LogP contribution >= 0.6 is 0 Å². The van der Waals surface area contributed by atoms with Gasteiger partial charge in [0.2, 0.25) is 0 Å².